The molecule has 0 radical (unpaired) electrons. The van der Waals surface area contributed by atoms with Crippen LogP contribution in [0.15, 0.2) is 29.1 Å². The lowest BCUT2D eigenvalue weighted by Gasteiger charge is -2.27. The highest BCUT2D eigenvalue weighted by molar-refractivity contribution is 5.85. The van der Waals surface area contributed by atoms with E-state index in [0.717, 1.165) is 24.2 Å². The van der Waals surface area contributed by atoms with Crippen LogP contribution in [0, 0.1) is 13.8 Å². The number of aryl methyl sites for hydroxylation is 2. The van der Waals surface area contributed by atoms with Gasteiger partial charge in [0.15, 0.2) is 0 Å². The minimum atomic E-state index is 0.131. The van der Waals surface area contributed by atoms with E-state index in [9.17, 15) is 4.79 Å². The van der Waals surface area contributed by atoms with Gasteiger partial charge in [-0.05, 0) is 50.9 Å². The summed E-state index contributed by atoms with van der Waals surface area (Å²) in [6.07, 6.45) is 3.94. The van der Waals surface area contributed by atoms with Gasteiger partial charge in [0.05, 0.1) is 5.52 Å². The van der Waals surface area contributed by atoms with E-state index in [4.69, 9.17) is 0 Å². The molecule has 0 bridgehead atoms. The molecule has 112 valence electrons. The molecule has 1 fully saturated rings. The molecule has 1 aliphatic heterocycles. The molecule has 3 heteroatoms. The predicted octanol–water partition coefficient (Wildman–Crippen LogP) is 3.10. The summed E-state index contributed by atoms with van der Waals surface area (Å²) in [6, 6.07) is 8.06. The van der Waals surface area contributed by atoms with E-state index in [0.29, 0.717) is 0 Å². The van der Waals surface area contributed by atoms with Crippen LogP contribution in [0.3, 0.4) is 0 Å². The smallest absolute Gasteiger partial charge is 0.251 e. The summed E-state index contributed by atoms with van der Waals surface area (Å²) >= 11 is 0. The Morgan fingerprint density at radius 2 is 1.76 bits per heavy atom. The number of benzene rings is 1. The van der Waals surface area contributed by atoms with E-state index in [1.54, 1.807) is 6.07 Å². The summed E-state index contributed by atoms with van der Waals surface area (Å²) in [6.45, 7) is 8.25. The average molecular weight is 284 g/mol. The van der Waals surface area contributed by atoms with E-state index < -0.39 is 0 Å². The van der Waals surface area contributed by atoms with Crippen molar-refractivity contribution in [1.29, 1.82) is 0 Å². The molecule has 3 rings (SSSR count). The molecule has 21 heavy (non-hydrogen) atoms. The van der Waals surface area contributed by atoms with E-state index >= 15 is 0 Å². The Morgan fingerprint density at radius 1 is 1.00 bits per heavy atom. The van der Waals surface area contributed by atoms with Gasteiger partial charge in [-0.15, -0.1) is 0 Å². The molecule has 2 aromatic rings. The van der Waals surface area contributed by atoms with Gasteiger partial charge in [-0.2, -0.15) is 0 Å². The van der Waals surface area contributed by atoms with Crippen molar-refractivity contribution in [2.75, 3.05) is 19.6 Å². The fourth-order valence-corrected chi connectivity index (χ4v) is 3.43. The van der Waals surface area contributed by atoms with Crippen LogP contribution >= 0.6 is 0 Å². The lowest BCUT2D eigenvalue weighted by atomic mass is 10.1. The topological polar surface area (TPSA) is 25.2 Å². The molecular weight excluding hydrogens is 260 g/mol. The van der Waals surface area contributed by atoms with Crippen molar-refractivity contribution in [3.8, 4) is 0 Å². The first-order chi connectivity index (χ1) is 10.2. The predicted molar refractivity (Wildman–Crippen MR) is 88.0 cm³/mol. The fraction of sp³-hybridized carbons (Fsp3) is 0.500. The summed E-state index contributed by atoms with van der Waals surface area (Å²) in [4.78, 5) is 14.9. The molecule has 0 spiro atoms. The van der Waals surface area contributed by atoms with Crippen LogP contribution in [0.5, 0.6) is 0 Å². The molecule has 0 N–H and O–H groups in total. The first kappa shape index (κ1) is 14.3. The van der Waals surface area contributed by atoms with E-state index in [-0.39, 0.29) is 5.56 Å². The summed E-state index contributed by atoms with van der Waals surface area (Å²) < 4.78 is 1.96. The van der Waals surface area contributed by atoms with Crippen LogP contribution < -0.4 is 5.56 Å². The molecule has 1 aromatic heterocycles. The Bertz CT molecular complexity index is 696. The largest absolute Gasteiger partial charge is 0.307 e. The third-order valence-electron chi connectivity index (χ3n) is 4.63. The van der Waals surface area contributed by atoms with Gasteiger partial charge in [-0.3, -0.25) is 4.79 Å². The molecule has 0 atom stereocenters. The molecule has 0 aliphatic carbocycles. The second kappa shape index (κ2) is 6.02. The maximum Gasteiger partial charge on any atom is 0.251 e. The van der Waals surface area contributed by atoms with Crippen LogP contribution in [0.25, 0.3) is 10.9 Å². The minimum Gasteiger partial charge on any atom is -0.307 e. The Kier molecular flexibility index (Phi) is 4.11. The minimum absolute atomic E-state index is 0.131. The van der Waals surface area contributed by atoms with Gasteiger partial charge in [0.1, 0.15) is 0 Å². The zero-order valence-corrected chi connectivity index (χ0v) is 13.1. The Hall–Kier alpha value is -1.61. The number of likely N-dealkylation sites (tertiary alicyclic amines) is 1. The second-order valence-electron chi connectivity index (χ2n) is 6.19. The van der Waals surface area contributed by atoms with Crippen LogP contribution in [0.4, 0.5) is 0 Å². The molecule has 0 amide bonds. The zero-order chi connectivity index (χ0) is 14.8. The van der Waals surface area contributed by atoms with Gasteiger partial charge in [0.2, 0.25) is 0 Å². The Morgan fingerprint density at radius 3 is 2.52 bits per heavy atom. The van der Waals surface area contributed by atoms with Crippen LogP contribution in [0.2, 0.25) is 0 Å². The van der Waals surface area contributed by atoms with Crippen molar-refractivity contribution in [3.63, 3.8) is 0 Å². The molecule has 0 saturated carbocycles. The summed E-state index contributed by atoms with van der Waals surface area (Å²) in [5.74, 6) is 0. The zero-order valence-electron chi connectivity index (χ0n) is 13.1. The van der Waals surface area contributed by atoms with Gasteiger partial charge in [-0.25, -0.2) is 0 Å². The Balaban J connectivity index is 1.95. The number of rotatable bonds is 3. The molecule has 1 saturated heterocycles. The van der Waals surface area contributed by atoms with Gasteiger partial charge in [0.25, 0.3) is 5.56 Å². The second-order valence-corrected chi connectivity index (χ2v) is 6.19. The fourth-order valence-electron chi connectivity index (χ4n) is 3.43. The number of aromatic nitrogens is 1. The summed E-state index contributed by atoms with van der Waals surface area (Å²) in [5.41, 5.74) is 3.51. The van der Waals surface area contributed by atoms with Gasteiger partial charge in [-0.1, -0.05) is 24.6 Å². The number of pyridine rings is 1. The average Bonchev–Trinajstić information content (AvgIpc) is 2.49. The third kappa shape index (κ3) is 2.88. The maximum absolute atomic E-state index is 12.4. The number of nitrogens with zero attached hydrogens (tertiary/aromatic N) is 2. The van der Waals surface area contributed by atoms with Crippen molar-refractivity contribution < 1.29 is 0 Å². The SMILES string of the molecule is Cc1cc(=O)n(CCN2CCCCC2)c2c(C)cccc12. The normalized spacial score (nSPS) is 16.5. The van der Waals surface area contributed by atoms with Crippen molar-refractivity contribution in [2.45, 2.75) is 39.7 Å². The molecular formula is C18H24N2O. The molecule has 3 nitrogen and oxygen atoms in total. The third-order valence-corrected chi connectivity index (χ3v) is 4.63. The van der Waals surface area contributed by atoms with Gasteiger partial charge in [0, 0.05) is 24.5 Å². The van der Waals surface area contributed by atoms with Gasteiger partial charge < -0.3 is 9.47 Å². The highest BCUT2D eigenvalue weighted by Gasteiger charge is 2.12. The number of para-hydroxylation sites is 1. The summed E-state index contributed by atoms with van der Waals surface area (Å²) in [7, 11) is 0. The number of fused-ring (bicyclic) bond motifs is 1. The van der Waals surface area contributed by atoms with Crippen molar-refractivity contribution >= 4 is 10.9 Å². The number of piperidine rings is 1. The lowest BCUT2D eigenvalue weighted by molar-refractivity contribution is 0.221. The highest BCUT2D eigenvalue weighted by atomic mass is 16.1. The number of hydrogen-bond acceptors (Lipinski definition) is 2. The monoisotopic (exact) mass is 284 g/mol. The van der Waals surface area contributed by atoms with Gasteiger partial charge >= 0.3 is 0 Å². The molecule has 2 heterocycles. The molecule has 0 unspecified atom stereocenters. The molecule has 1 aromatic carbocycles. The molecule has 1 aliphatic rings. The highest BCUT2D eigenvalue weighted by Crippen LogP contribution is 2.20. The van der Waals surface area contributed by atoms with E-state index in [1.807, 2.05) is 11.5 Å². The maximum atomic E-state index is 12.4. The number of hydrogen-bond donors (Lipinski definition) is 0. The van der Waals surface area contributed by atoms with Crippen molar-refractivity contribution in [1.82, 2.24) is 9.47 Å². The van der Waals surface area contributed by atoms with Crippen LogP contribution in [-0.4, -0.2) is 29.1 Å². The summed E-state index contributed by atoms with van der Waals surface area (Å²) in [5, 5.41) is 1.20. The lowest BCUT2D eigenvalue weighted by Crippen LogP contribution is -2.34. The Labute approximate surface area is 126 Å². The standard InChI is InChI=1S/C18H24N2O/c1-14-7-6-8-16-15(2)13-17(21)20(18(14)16)12-11-19-9-4-3-5-10-19/h6-8,13H,3-5,9-12H2,1-2H3. The quantitative estimate of drug-likeness (QED) is 0.865. The first-order valence-electron chi connectivity index (χ1n) is 7.99. The van der Waals surface area contributed by atoms with Crippen molar-refractivity contribution in [2.24, 2.45) is 0 Å². The van der Waals surface area contributed by atoms with Crippen LogP contribution in [0.1, 0.15) is 30.4 Å². The van der Waals surface area contributed by atoms with Crippen LogP contribution in [-0.2, 0) is 6.54 Å². The van der Waals surface area contributed by atoms with E-state index in [2.05, 4.69) is 30.0 Å². The van der Waals surface area contributed by atoms with Crippen molar-refractivity contribution in [3.05, 3.63) is 45.7 Å². The van der Waals surface area contributed by atoms with E-state index in [1.165, 1.54) is 43.3 Å². The first-order valence-corrected chi connectivity index (χ1v) is 7.99.